The van der Waals surface area contributed by atoms with Crippen LogP contribution in [0.3, 0.4) is 0 Å². The van der Waals surface area contributed by atoms with Crippen molar-refractivity contribution in [3.8, 4) is 17.2 Å². The molecule has 0 saturated carbocycles. The monoisotopic (exact) mass is 317 g/mol. The highest BCUT2D eigenvalue weighted by Gasteiger charge is 2.12. The Hall–Kier alpha value is -1.85. The third-order valence-electron chi connectivity index (χ3n) is 3.55. The van der Waals surface area contributed by atoms with E-state index in [-0.39, 0.29) is 0 Å². The summed E-state index contributed by atoms with van der Waals surface area (Å²) in [5.74, 6) is 1.42. The van der Waals surface area contributed by atoms with Gasteiger partial charge in [-0.05, 0) is 59.7 Å². The summed E-state index contributed by atoms with van der Waals surface area (Å²) in [6, 6.07) is 7.84. The first-order valence-corrected chi connectivity index (χ1v) is 8.10. The van der Waals surface area contributed by atoms with Gasteiger partial charge < -0.3 is 19.0 Å². The average Bonchev–Trinajstić information content (AvgIpc) is 2.96. The zero-order valence-corrected chi connectivity index (χ0v) is 14.6. The van der Waals surface area contributed by atoms with E-state index in [1.54, 1.807) is 6.26 Å². The van der Waals surface area contributed by atoms with Crippen LogP contribution >= 0.6 is 0 Å². The third kappa shape index (κ3) is 5.37. The average molecular weight is 317 g/mol. The fourth-order valence-electron chi connectivity index (χ4n) is 2.44. The second-order valence-corrected chi connectivity index (χ2v) is 5.97. The lowest BCUT2D eigenvalue weighted by molar-refractivity contribution is 0.292. The van der Waals surface area contributed by atoms with Gasteiger partial charge in [0.25, 0.3) is 0 Å². The van der Waals surface area contributed by atoms with Gasteiger partial charge in [0, 0.05) is 6.54 Å². The van der Waals surface area contributed by atoms with E-state index in [1.165, 1.54) is 0 Å². The Balaban J connectivity index is 1.98. The minimum Gasteiger partial charge on any atom is -0.493 e. The number of aromatic nitrogens is 1. The lowest BCUT2D eigenvalue weighted by Crippen LogP contribution is -2.23. The molecular weight excluding hydrogens is 290 g/mol. The highest BCUT2D eigenvalue weighted by molar-refractivity contribution is 5.62. The van der Waals surface area contributed by atoms with Gasteiger partial charge >= 0.3 is 0 Å². The summed E-state index contributed by atoms with van der Waals surface area (Å²) in [5, 5.41) is 0. The van der Waals surface area contributed by atoms with Crippen LogP contribution in [0.15, 0.2) is 34.9 Å². The quantitative estimate of drug-likeness (QED) is 0.711. The summed E-state index contributed by atoms with van der Waals surface area (Å²) in [4.78, 5) is 9.07. The molecule has 5 heteroatoms. The minimum absolute atomic E-state index is 0.616. The standard InChI is InChI=1S/C18H27N3O2/c1-5-22-17-10-7-6-9-16(17)18-19-15(14-23-18)13-21(4)12-8-11-20(2)3/h6-7,9-10,14H,5,8,11-13H2,1-4H3. The van der Waals surface area contributed by atoms with Crippen LogP contribution in [0.5, 0.6) is 5.75 Å². The van der Waals surface area contributed by atoms with Crippen molar-refractivity contribution in [3.05, 3.63) is 36.2 Å². The molecule has 0 saturated heterocycles. The Labute approximate surface area is 138 Å². The van der Waals surface area contributed by atoms with Crippen LogP contribution in [0.1, 0.15) is 19.0 Å². The van der Waals surface area contributed by atoms with Crippen molar-refractivity contribution in [2.75, 3.05) is 40.8 Å². The van der Waals surface area contributed by atoms with Crippen LogP contribution in [-0.2, 0) is 6.54 Å². The second-order valence-electron chi connectivity index (χ2n) is 5.97. The van der Waals surface area contributed by atoms with Gasteiger partial charge in [-0.15, -0.1) is 0 Å². The van der Waals surface area contributed by atoms with E-state index < -0.39 is 0 Å². The second kappa shape index (κ2) is 8.70. The third-order valence-corrected chi connectivity index (χ3v) is 3.55. The predicted molar refractivity (Wildman–Crippen MR) is 92.6 cm³/mol. The molecule has 0 spiro atoms. The van der Waals surface area contributed by atoms with Gasteiger partial charge in [0.15, 0.2) is 0 Å². The van der Waals surface area contributed by atoms with E-state index in [0.29, 0.717) is 12.5 Å². The number of hydrogen-bond donors (Lipinski definition) is 0. The minimum atomic E-state index is 0.616. The topological polar surface area (TPSA) is 41.7 Å². The maximum atomic E-state index is 5.66. The molecule has 2 aromatic rings. The molecule has 0 atom stereocenters. The van der Waals surface area contributed by atoms with Crippen LogP contribution < -0.4 is 4.74 Å². The molecule has 1 aromatic carbocycles. The molecule has 23 heavy (non-hydrogen) atoms. The van der Waals surface area contributed by atoms with Crippen LogP contribution in [0, 0.1) is 0 Å². The first-order chi connectivity index (χ1) is 11.1. The van der Waals surface area contributed by atoms with Crippen molar-refractivity contribution in [1.29, 1.82) is 0 Å². The number of benzene rings is 1. The molecule has 0 fully saturated rings. The van der Waals surface area contributed by atoms with Crippen LogP contribution in [-0.4, -0.2) is 55.6 Å². The zero-order chi connectivity index (χ0) is 16.7. The van der Waals surface area contributed by atoms with Gasteiger partial charge in [0.2, 0.25) is 5.89 Å². The number of oxazole rings is 1. The largest absolute Gasteiger partial charge is 0.493 e. The van der Waals surface area contributed by atoms with Crippen molar-refractivity contribution >= 4 is 0 Å². The van der Waals surface area contributed by atoms with E-state index in [1.807, 2.05) is 31.2 Å². The maximum Gasteiger partial charge on any atom is 0.229 e. The fourth-order valence-corrected chi connectivity index (χ4v) is 2.44. The molecule has 126 valence electrons. The lowest BCUT2D eigenvalue weighted by atomic mass is 10.2. The number of nitrogens with zero attached hydrogens (tertiary/aromatic N) is 3. The highest BCUT2D eigenvalue weighted by atomic mass is 16.5. The van der Waals surface area contributed by atoms with E-state index in [9.17, 15) is 0 Å². The van der Waals surface area contributed by atoms with E-state index in [2.05, 4.69) is 35.9 Å². The van der Waals surface area contributed by atoms with Gasteiger partial charge in [-0.25, -0.2) is 4.98 Å². The van der Waals surface area contributed by atoms with E-state index >= 15 is 0 Å². The Morgan fingerprint density at radius 2 is 1.91 bits per heavy atom. The predicted octanol–water partition coefficient (Wildman–Crippen LogP) is 3.12. The molecule has 2 rings (SSSR count). The highest BCUT2D eigenvalue weighted by Crippen LogP contribution is 2.29. The summed E-state index contributed by atoms with van der Waals surface area (Å²) in [6.07, 6.45) is 2.88. The Bertz CT molecular complexity index is 595. The molecule has 0 aliphatic carbocycles. The molecule has 0 aliphatic heterocycles. The Morgan fingerprint density at radius 3 is 2.65 bits per heavy atom. The zero-order valence-electron chi connectivity index (χ0n) is 14.6. The van der Waals surface area contributed by atoms with Crippen LogP contribution in [0.2, 0.25) is 0 Å². The van der Waals surface area contributed by atoms with Crippen LogP contribution in [0.25, 0.3) is 11.5 Å². The molecular formula is C18H27N3O2. The van der Waals surface area contributed by atoms with Crippen molar-refractivity contribution < 1.29 is 9.15 Å². The van der Waals surface area contributed by atoms with Crippen molar-refractivity contribution in [3.63, 3.8) is 0 Å². The van der Waals surface area contributed by atoms with Gasteiger partial charge in [0.1, 0.15) is 12.0 Å². The summed E-state index contributed by atoms with van der Waals surface area (Å²) in [6.45, 7) is 5.51. The SMILES string of the molecule is CCOc1ccccc1-c1nc(CN(C)CCCN(C)C)co1. The molecule has 0 bridgehead atoms. The molecule has 0 amide bonds. The fraction of sp³-hybridized carbons (Fsp3) is 0.500. The number of rotatable bonds is 9. The molecule has 5 nitrogen and oxygen atoms in total. The Morgan fingerprint density at radius 1 is 1.13 bits per heavy atom. The smallest absolute Gasteiger partial charge is 0.229 e. The van der Waals surface area contributed by atoms with Crippen LogP contribution in [0.4, 0.5) is 0 Å². The normalized spacial score (nSPS) is 11.4. The molecule has 0 radical (unpaired) electrons. The van der Waals surface area contributed by atoms with Crippen molar-refractivity contribution in [2.45, 2.75) is 19.9 Å². The first-order valence-electron chi connectivity index (χ1n) is 8.10. The molecule has 1 heterocycles. The number of hydrogen-bond acceptors (Lipinski definition) is 5. The van der Waals surface area contributed by atoms with Gasteiger partial charge in [0.05, 0.1) is 17.9 Å². The van der Waals surface area contributed by atoms with E-state index in [4.69, 9.17) is 9.15 Å². The molecule has 1 aromatic heterocycles. The van der Waals surface area contributed by atoms with Gasteiger partial charge in [-0.2, -0.15) is 0 Å². The van der Waals surface area contributed by atoms with E-state index in [0.717, 1.165) is 43.1 Å². The first kappa shape index (κ1) is 17.5. The van der Waals surface area contributed by atoms with Crippen molar-refractivity contribution in [1.82, 2.24) is 14.8 Å². The number of para-hydroxylation sites is 1. The lowest BCUT2D eigenvalue weighted by Gasteiger charge is -2.16. The molecule has 0 N–H and O–H groups in total. The number of ether oxygens (including phenoxy) is 1. The van der Waals surface area contributed by atoms with Gasteiger partial charge in [-0.3, -0.25) is 0 Å². The Kier molecular flexibility index (Phi) is 6.62. The maximum absolute atomic E-state index is 5.66. The molecule has 0 aliphatic rings. The van der Waals surface area contributed by atoms with Crippen molar-refractivity contribution in [2.24, 2.45) is 0 Å². The summed E-state index contributed by atoms with van der Waals surface area (Å²) in [5.41, 5.74) is 1.84. The summed E-state index contributed by atoms with van der Waals surface area (Å²) in [7, 11) is 6.30. The van der Waals surface area contributed by atoms with Gasteiger partial charge in [-0.1, -0.05) is 12.1 Å². The summed E-state index contributed by atoms with van der Waals surface area (Å²) < 4.78 is 11.3. The molecule has 0 unspecified atom stereocenters. The summed E-state index contributed by atoms with van der Waals surface area (Å²) >= 11 is 0.